The van der Waals surface area contributed by atoms with Crippen LogP contribution in [0.25, 0.3) is 0 Å². The molecular weight excluding hydrogens is 379 g/mol. The smallest absolute Gasteiger partial charge is 0.381 e. The van der Waals surface area contributed by atoms with Gasteiger partial charge in [0, 0.05) is 19.3 Å². The standard InChI is InChI=1S/C18H24F7NO/c1-11(2)8-13-6-5-7-14(9-12(3)4)26(13)10-15(27)16(19,20)17(21,22)18(23,24)25/h5-6,13-15,27H,1,3,7-10H2,2,4H3/p+1/t13-,14-,15+/m1/s1. The molecule has 0 saturated carbocycles. The molecule has 9 heteroatoms. The molecule has 0 fully saturated rings. The van der Waals surface area contributed by atoms with Gasteiger partial charge in [-0.1, -0.05) is 30.4 Å². The summed E-state index contributed by atoms with van der Waals surface area (Å²) < 4.78 is 91.3. The molecule has 0 bridgehead atoms. The van der Waals surface area contributed by atoms with E-state index in [2.05, 4.69) is 13.2 Å². The Morgan fingerprint density at radius 1 is 1.07 bits per heavy atom. The zero-order valence-electron chi connectivity index (χ0n) is 15.2. The number of quaternary nitrogens is 1. The molecule has 0 aliphatic carbocycles. The molecular formula is C18H25F7NO+. The second-order valence-electron chi connectivity index (χ2n) is 7.28. The number of halogens is 7. The second-order valence-corrected chi connectivity index (χ2v) is 7.28. The van der Waals surface area contributed by atoms with Crippen molar-refractivity contribution in [3.8, 4) is 0 Å². The van der Waals surface area contributed by atoms with Crippen molar-refractivity contribution in [2.75, 3.05) is 6.54 Å². The van der Waals surface area contributed by atoms with E-state index in [9.17, 15) is 35.8 Å². The molecule has 0 aromatic heterocycles. The highest BCUT2D eigenvalue weighted by atomic mass is 19.4. The Labute approximate surface area is 154 Å². The first-order chi connectivity index (χ1) is 12.1. The van der Waals surface area contributed by atoms with Gasteiger partial charge >= 0.3 is 18.0 Å². The Bertz CT molecular complexity index is 583. The molecule has 1 unspecified atom stereocenters. The van der Waals surface area contributed by atoms with Gasteiger partial charge in [-0.25, -0.2) is 0 Å². The number of hydrogen-bond donors (Lipinski definition) is 2. The molecule has 0 aromatic rings. The molecule has 0 amide bonds. The lowest BCUT2D eigenvalue weighted by molar-refractivity contribution is -0.948. The molecule has 0 spiro atoms. The third-order valence-electron chi connectivity index (χ3n) is 4.58. The molecule has 1 heterocycles. The lowest BCUT2D eigenvalue weighted by Crippen LogP contribution is -3.20. The van der Waals surface area contributed by atoms with Gasteiger partial charge in [-0.3, -0.25) is 0 Å². The van der Waals surface area contributed by atoms with Gasteiger partial charge in [0.15, 0.2) is 6.10 Å². The summed E-state index contributed by atoms with van der Waals surface area (Å²) in [7, 11) is 0. The Hall–Kier alpha value is -1.35. The number of hydrogen-bond acceptors (Lipinski definition) is 1. The number of rotatable bonds is 8. The summed E-state index contributed by atoms with van der Waals surface area (Å²) >= 11 is 0. The Kier molecular flexibility index (Phi) is 7.32. The third kappa shape index (κ3) is 5.34. The number of alkyl halides is 7. The van der Waals surface area contributed by atoms with E-state index in [1.54, 1.807) is 26.0 Å². The number of aliphatic hydroxyl groups is 1. The van der Waals surface area contributed by atoms with Crippen molar-refractivity contribution in [2.45, 2.75) is 69.3 Å². The zero-order chi connectivity index (χ0) is 21.2. The SMILES string of the molecule is C=C(C)C[C@H]1CC=C[C@H](CC(=C)C)[NH+]1C[C@H](O)C(F)(F)C(F)(F)C(F)(F)F. The van der Waals surface area contributed by atoms with Crippen LogP contribution in [0.5, 0.6) is 0 Å². The lowest BCUT2D eigenvalue weighted by atomic mass is 9.92. The maximum atomic E-state index is 13.8. The highest BCUT2D eigenvalue weighted by Gasteiger charge is 2.75. The van der Waals surface area contributed by atoms with Crippen LogP contribution in [0.2, 0.25) is 0 Å². The van der Waals surface area contributed by atoms with E-state index in [1.165, 1.54) is 0 Å². The molecule has 27 heavy (non-hydrogen) atoms. The fourth-order valence-corrected chi connectivity index (χ4v) is 3.26. The molecule has 1 aliphatic rings. The molecule has 2 N–H and O–H groups in total. The summed E-state index contributed by atoms with van der Waals surface area (Å²) in [6.07, 6.45) is -5.06. The first-order valence-corrected chi connectivity index (χ1v) is 8.42. The first-order valence-electron chi connectivity index (χ1n) is 8.42. The van der Waals surface area contributed by atoms with Crippen molar-refractivity contribution >= 4 is 0 Å². The van der Waals surface area contributed by atoms with Crippen molar-refractivity contribution in [1.82, 2.24) is 0 Å². The minimum absolute atomic E-state index is 0.314. The molecule has 0 saturated heterocycles. The lowest BCUT2D eigenvalue weighted by Gasteiger charge is -2.40. The van der Waals surface area contributed by atoms with Crippen LogP contribution in [0.1, 0.15) is 33.1 Å². The van der Waals surface area contributed by atoms with Crippen molar-refractivity contribution < 1.29 is 40.7 Å². The molecule has 2 nitrogen and oxygen atoms in total. The highest BCUT2D eigenvalue weighted by Crippen LogP contribution is 2.47. The van der Waals surface area contributed by atoms with Crippen LogP contribution in [0.4, 0.5) is 30.7 Å². The minimum atomic E-state index is -6.47. The predicted molar refractivity (Wildman–Crippen MR) is 88.0 cm³/mol. The first kappa shape index (κ1) is 23.7. The maximum absolute atomic E-state index is 13.8. The van der Waals surface area contributed by atoms with Gasteiger partial charge in [0.05, 0.1) is 6.04 Å². The molecule has 1 rings (SSSR count). The quantitative estimate of drug-likeness (QED) is 0.468. The van der Waals surface area contributed by atoms with Gasteiger partial charge in [-0.2, -0.15) is 30.7 Å². The molecule has 156 valence electrons. The van der Waals surface area contributed by atoms with Crippen molar-refractivity contribution in [3.05, 3.63) is 36.5 Å². The van der Waals surface area contributed by atoms with Crippen LogP contribution in [-0.2, 0) is 0 Å². The summed E-state index contributed by atoms with van der Waals surface area (Å²) in [5, 5.41) is 9.71. The minimum Gasteiger partial charge on any atom is -0.381 e. The van der Waals surface area contributed by atoms with E-state index >= 15 is 0 Å². The third-order valence-corrected chi connectivity index (χ3v) is 4.58. The van der Waals surface area contributed by atoms with E-state index in [1.807, 2.05) is 0 Å². The van der Waals surface area contributed by atoms with Gasteiger partial charge in [0.2, 0.25) is 0 Å². The fraction of sp³-hybridized carbons (Fsp3) is 0.667. The number of nitrogens with one attached hydrogen (secondary N) is 1. The van der Waals surface area contributed by atoms with Gasteiger partial charge in [0.25, 0.3) is 0 Å². The summed E-state index contributed by atoms with van der Waals surface area (Å²) in [5.41, 5.74) is 1.41. The van der Waals surface area contributed by atoms with Gasteiger partial charge in [0.1, 0.15) is 12.6 Å². The normalized spacial score (nSPS) is 25.3. The van der Waals surface area contributed by atoms with Gasteiger partial charge in [-0.05, 0) is 19.9 Å². The van der Waals surface area contributed by atoms with Crippen LogP contribution in [0, 0.1) is 0 Å². The Morgan fingerprint density at radius 2 is 1.59 bits per heavy atom. The van der Waals surface area contributed by atoms with Gasteiger partial charge in [-0.15, -0.1) is 0 Å². The van der Waals surface area contributed by atoms with Crippen molar-refractivity contribution in [3.63, 3.8) is 0 Å². The number of aliphatic hydroxyl groups excluding tert-OH is 1. The second kappa shape index (κ2) is 8.34. The Morgan fingerprint density at radius 3 is 2.04 bits per heavy atom. The van der Waals surface area contributed by atoms with Crippen molar-refractivity contribution in [2.24, 2.45) is 0 Å². The molecule has 1 aliphatic heterocycles. The molecule has 4 atom stereocenters. The van der Waals surface area contributed by atoms with Crippen LogP contribution in [0.15, 0.2) is 36.5 Å². The topological polar surface area (TPSA) is 24.7 Å². The zero-order valence-corrected chi connectivity index (χ0v) is 15.2. The van der Waals surface area contributed by atoms with Crippen LogP contribution in [-0.4, -0.2) is 47.9 Å². The molecule has 0 aromatic carbocycles. The largest absolute Gasteiger partial charge is 0.459 e. The summed E-state index contributed by atoms with van der Waals surface area (Å²) in [6.45, 7) is 9.89. The van der Waals surface area contributed by atoms with E-state index in [0.29, 0.717) is 35.3 Å². The van der Waals surface area contributed by atoms with E-state index < -0.39 is 36.7 Å². The van der Waals surface area contributed by atoms with E-state index in [0.717, 1.165) is 0 Å². The fourth-order valence-electron chi connectivity index (χ4n) is 3.26. The van der Waals surface area contributed by atoms with Crippen LogP contribution >= 0.6 is 0 Å². The van der Waals surface area contributed by atoms with Gasteiger partial charge < -0.3 is 10.0 Å². The molecule has 0 radical (unpaired) electrons. The van der Waals surface area contributed by atoms with E-state index in [4.69, 9.17) is 0 Å². The monoisotopic (exact) mass is 404 g/mol. The average Bonchev–Trinajstić information content (AvgIpc) is 2.47. The van der Waals surface area contributed by atoms with Crippen molar-refractivity contribution in [1.29, 1.82) is 0 Å². The van der Waals surface area contributed by atoms with E-state index in [-0.39, 0.29) is 6.04 Å². The summed E-state index contributed by atoms with van der Waals surface area (Å²) in [5.74, 6) is -12.0. The van der Waals surface area contributed by atoms with Crippen LogP contribution in [0.3, 0.4) is 0 Å². The predicted octanol–water partition coefficient (Wildman–Crippen LogP) is 3.69. The summed E-state index contributed by atoms with van der Waals surface area (Å²) in [4.78, 5) is 0.314. The Balaban J connectivity index is 3.14. The average molecular weight is 404 g/mol. The summed E-state index contributed by atoms with van der Waals surface area (Å²) in [6, 6.07) is -0.840. The maximum Gasteiger partial charge on any atom is 0.459 e. The van der Waals surface area contributed by atoms with Crippen LogP contribution < -0.4 is 4.90 Å². The highest BCUT2D eigenvalue weighted by molar-refractivity contribution is 5.04.